The van der Waals surface area contributed by atoms with E-state index in [1.807, 2.05) is 18.2 Å². The number of rotatable bonds is 6. The molecule has 2 nitrogen and oxygen atoms in total. The number of benzene rings is 1. The molecule has 17 heavy (non-hydrogen) atoms. The molecule has 0 unspecified atom stereocenters. The van der Waals surface area contributed by atoms with Crippen molar-refractivity contribution in [3.63, 3.8) is 0 Å². The summed E-state index contributed by atoms with van der Waals surface area (Å²) in [6.07, 6.45) is 0.981. The van der Waals surface area contributed by atoms with Crippen LogP contribution in [0.15, 0.2) is 24.3 Å². The molecule has 1 rings (SSSR count). The fourth-order valence-electron chi connectivity index (χ4n) is 1.59. The molecule has 0 aromatic heterocycles. The number of methoxy groups -OCH3 is 1. The van der Waals surface area contributed by atoms with Crippen molar-refractivity contribution in [1.82, 2.24) is 5.32 Å². The van der Waals surface area contributed by atoms with E-state index < -0.39 is 0 Å². The van der Waals surface area contributed by atoms with Crippen LogP contribution in [0.1, 0.15) is 38.8 Å². The van der Waals surface area contributed by atoms with Crippen molar-refractivity contribution >= 4 is 11.6 Å². The molecular weight excluding hydrogens is 234 g/mol. The lowest BCUT2D eigenvalue weighted by atomic mass is 10.0. The molecule has 0 saturated heterocycles. The predicted molar refractivity (Wildman–Crippen MR) is 73.6 cm³/mol. The van der Waals surface area contributed by atoms with Crippen molar-refractivity contribution in [3.8, 4) is 0 Å². The third-order valence-electron chi connectivity index (χ3n) is 3.08. The van der Waals surface area contributed by atoms with Crippen molar-refractivity contribution in [2.45, 2.75) is 38.8 Å². The Labute approximate surface area is 109 Å². The largest absolute Gasteiger partial charge is 0.379 e. The van der Waals surface area contributed by atoms with Gasteiger partial charge in [-0.05, 0) is 51.4 Å². The first kappa shape index (κ1) is 14.5. The van der Waals surface area contributed by atoms with E-state index in [0.29, 0.717) is 6.04 Å². The average Bonchev–Trinajstić information content (AvgIpc) is 2.28. The highest BCUT2D eigenvalue weighted by Gasteiger charge is 2.16. The van der Waals surface area contributed by atoms with E-state index in [4.69, 9.17) is 16.3 Å². The van der Waals surface area contributed by atoms with Crippen molar-refractivity contribution in [3.05, 3.63) is 34.9 Å². The normalized spacial score (nSPS) is 13.7. The highest BCUT2D eigenvalue weighted by molar-refractivity contribution is 6.30. The molecule has 1 N–H and O–H groups in total. The fraction of sp³-hybridized carbons (Fsp3) is 0.571. The lowest BCUT2D eigenvalue weighted by Crippen LogP contribution is -2.30. The summed E-state index contributed by atoms with van der Waals surface area (Å²) in [5.74, 6) is 0. The third-order valence-corrected chi connectivity index (χ3v) is 3.31. The number of nitrogens with one attached hydrogen (secondary N) is 1. The van der Waals surface area contributed by atoms with E-state index in [1.165, 1.54) is 5.56 Å². The summed E-state index contributed by atoms with van der Waals surface area (Å²) < 4.78 is 5.38. The molecule has 0 saturated carbocycles. The van der Waals surface area contributed by atoms with Gasteiger partial charge in [-0.2, -0.15) is 0 Å². The minimum atomic E-state index is -0.0684. The molecular formula is C14H22ClNO. The van der Waals surface area contributed by atoms with E-state index in [2.05, 4.69) is 32.2 Å². The van der Waals surface area contributed by atoms with E-state index in [-0.39, 0.29) is 5.60 Å². The van der Waals surface area contributed by atoms with Crippen LogP contribution in [0, 0.1) is 0 Å². The molecule has 0 aliphatic rings. The van der Waals surface area contributed by atoms with Crippen LogP contribution in [-0.4, -0.2) is 19.3 Å². The van der Waals surface area contributed by atoms with Crippen LogP contribution in [0.4, 0.5) is 0 Å². The van der Waals surface area contributed by atoms with Gasteiger partial charge in [0.2, 0.25) is 0 Å². The minimum Gasteiger partial charge on any atom is -0.379 e. The molecule has 0 aliphatic carbocycles. The highest BCUT2D eigenvalue weighted by atomic mass is 35.5. The molecule has 0 radical (unpaired) electrons. The molecule has 0 bridgehead atoms. The smallest absolute Gasteiger partial charge is 0.0634 e. The summed E-state index contributed by atoms with van der Waals surface area (Å²) in [5.41, 5.74) is 1.15. The van der Waals surface area contributed by atoms with Gasteiger partial charge in [0.25, 0.3) is 0 Å². The van der Waals surface area contributed by atoms with E-state index in [0.717, 1.165) is 18.0 Å². The third kappa shape index (κ3) is 5.07. The Morgan fingerprint density at radius 1 is 1.41 bits per heavy atom. The van der Waals surface area contributed by atoms with Gasteiger partial charge >= 0.3 is 0 Å². The first-order chi connectivity index (χ1) is 7.94. The van der Waals surface area contributed by atoms with Gasteiger partial charge < -0.3 is 10.1 Å². The zero-order valence-corrected chi connectivity index (χ0v) is 11.8. The Hall–Kier alpha value is -0.570. The lowest BCUT2D eigenvalue weighted by molar-refractivity contribution is 0.0154. The zero-order valence-electron chi connectivity index (χ0n) is 11.1. The van der Waals surface area contributed by atoms with E-state index >= 15 is 0 Å². The zero-order chi connectivity index (χ0) is 12.9. The van der Waals surface area contributed by atoms with Crippen LogP contribution in [0.25, 0.3) is 0 Å². The van der Waals surface area contributed by atoms with Gasteiger partial charge in [-0.25, -0.2) is 0 Å². The van der Waals surface area contributed by atoms with Crippen molar-refractivity contribution < 1.29 is 4.74 Å². The summed E-state index contributed by atoms with van der Waals surface area (Å²) in [4.78, 5) is 0. The average molecular weight is 256 g/mol. The summed E-state index contributed by atoms with van der Waals surface area (Å²) in [6, 6.07) is 8.27. The summed E-state index contributed by atoms with van der Waals surface area (Å²) in [5, 5.41) is 4.26. The maximum absolute atomic E-state index is 5.97. The number of hydrogen-bond acceptors (Lipinski definition) is 2. The Morgan fingerprint density at radius 2 is 2.12 bits per heavy atom. The molecule has 0 fully saturated rings. The van der Waals surface area contributed by atoms with Gasteiger partial charge in [0.05, 0.1) is 5.60 Å². The SMILES string of the molecule is COC(C)(C)CCN[C@H](C)c1cccc(Cl)c1. The lowest BCUT2D eigenvalue weighted by Gasteiger charge is -2.24. The van der Waals surface area contributed by atoms with Gasteiger partial charge in [0, 0.05) is 18.2 Å². The van der Waals surface area contributed by atoms with E-state index in [9.17, 15) is 0 Å². The van der Waals surface area contributed by atoms with E-state index in [1.54, 1.807) is 7.11 Å². The van der Waals surface area contributed by atoms with Crippen molar-refractivity contribution in [2.75, 3.05) is 13.7 Å². The second kappa shape index (κ2) is 6.39. The molecule has 96 valence electrons. The topological polar surface area (TPSA) is 21.3 Å². The summed E-state index contributed by atoms with van der Waals surface area (Å²) in [7, 11) is 1.75. The van der Waals surface area contributed by atoms with Crippen LogP contribution in [0.3, 0.4) is 0 Å². The molecule has 1 aromatic rings. The minimum absolute atomic E-state index is 0.0684. The second-order valence-corrected chi connectivity index (χ2v) is 5.38. The van der Waals surface area contributed by atoms with Gasteiger partial charge in [-0.3, -0.25) is 0 Å². The number of halogens is 1. The summed E-state index contributed by atoms with van der Waals surface area (Å²) in [6.45, 7) is 7.26. The van der Waals surface area contributed by atoms with Crippen LogP contribution in [0.2, 0.25) is 5.02 Å². The highest BCUT2D eigenvalue weighted by Crippen LogP contribution is 2.18. The van der Waals surface area contributed by atoms with Gasteiger partial charge in [-0.15, -0.1) is 0 Å². The summed E-state index contributed by atoms with van der Waals surface area (Å²) >= 11 is 5.97. The second-order valence-electron chi connectivity index (χ2n) is 4.94. The van der Waals surface area contributed by atoms with Gasteiger partial charge in [-0.1, -0.05) is 23.7 Å². The van der Waals surface area contributed by atoms with Gasteiger partial charge in [0.1, 0.15) is 0 Å². The first-order valence-corrected chi connectivity index (χ1v) is 6.36. The molecule has 3 heteroatoms. The van der Waals surface area contributed by atoms with Crippen LogP contribution in [-0.2, 0) is 4.74 Å². The molecule has 0 amide bonds. The van der Waals surface area contributed by atoms with Crippen LogP contribution < -0.4 is 5.32 Å². The first-order valence-electron chi connectivity index (χ1n) is 5.98. The maximum Gasteiger partial charge on any atom is 0.0634 e. The molecule has 1 atom stereocenters. The molecule has 0 aliphatic heterocycles. The Bertz CT molecular complexity index is 352. The van der Waals surface area contributed by atoms with Crippen molar-refractivity contribution in [2.24, 2.45) is 0 Å². The monoisotopic (exact) mass is 255 g/mol. The Kier molecular flexibility index (Phi) is 5.44. The maximum atomic E-state index is 5.97. The predicted octanol–water partition coefficient (Wildman–Crippen LogP) is 3.81. The van der Waals surface area contributed by atoms with Crippen LogP contribution in [0.5, 0.6) is 0 Å². The number of hydrogen-bond donors (Lipinski definition) is 1. The Balaban J connectivity index is 2.42. The quantitative estimate of drug-likeness (QED) is 0.835. The van der Waals surface area contributed by atoms with Crippen LogP contribution >= 0.6 is 11.6 Å². The molecule has 0 heterocycles. The molecule has 0 spiro atoms. The van der Waals surface area contributed by atoms with Crippen molar-refractivity contribution in [1.29, 1.82) is 0 Å². The standard InChI is InChI=1S/C14H22ClNO/c1-11(12-6-5-7-13(15)10-12)16-9-8-14(2,3)17-4/h5-7,10-11,16H,8-9H2,1-4H3/t11-/m1/s1. The van der Waals surface area contributed by atoms with Gasteiger partial charge in [0.15, 0.2) is 0 Å². The Morgan fingerprint density at radius 3 is 2.71 bits per heavy atom. The fourth-order valence-corrected chi connectivity index (χ4v) is 1.78. The number of ether oxygens (including phenoxy) is 1. The molecule has 1 aromatic carbocycles.